The Bertz CT molecular complexity index is 983. The number of nitrogens with two attached hydrogens (primary N) is 1. The molecule has 2 N–H and O–H groups in total. The molecule has 0 radical (unpaired) electrons. The van der Waals surface area contributed by atoms with Crippen LogP contribution in [0.1, 0.15) is 32.6 Å². The number of rotatable bonds is 4. The fourth-order valence-electron chi connectivity index (χ4n) is 2.45. The molecule has 0 amide bonds. The average Bonchev–Trinajstić information content (AvgIpc) is 2.68. The van der Waals surface area contributed by atoms with Gasteiger partial charge in [0, 0.05) is 6.20 Å². The van der Waals surface area contributed by atoms with Gasteiger partial charge in [0.1, 0.15) is 11.6 Å². The second-order valence-electron chi connectivity index (χ2n) is 5.67. The van der Waals surface area contributed by atoms with Gasteiger partial charge in [0.15, 0.2) is 12.3 Å². The van der Waals surface area contributed by atoms with Crippen molar-refractivity contribution < 1.29 is 17.9 Å². The topological polar surface area (TPSA) is 83.0 Å². The molecule has 0 aliphatic rings. The molecule has 0 aliphatic heterocycles. The van der Waals surface area contributed by atoms with E-state index in [0.29, 0.717) is 16.9 Å². The van der Waals surface area contributed by atoms with Crippen molar-refractivity contribution in [1.29, 1.82) is 0 Å². The van der Waals surface area contributed by atoms with Crippen molar-refractivity contribution in [1.82, 2.24) is 14.5 Å². The third-order valence-corrected chi connectivity index (χ3v) is 3.57. The quantitative estimate of drug-likeness (QED) is 0.728. The summed E-state index contributed by atoms with van der Waals surface area (Å²) in [5, 5.41) is 0.314. The van der Waals surface area contributed by atoms with E-state index in [1.807, 2.05) is 13.8 Å². The van der Waals surface area contributed by atoms with Crippen LogP contribution in [0.4, 0.5) is 13.2 Å². The van der Waals surface area contributed by atoms with Crippen molar-refractivity contribution >= 4 is 11.0 Å². The molecule has 0 saturated carbocycles. The Labute approximate surface area is 159 Å². The highest BCUT2D eigenvalue weighted by atomic mass is 19.4. The number of ether oxygens (including phenoxy) is 1. The minimum Gasteiger partial charge on any atom is -0.484 e. The summed E-state index contributed by atoms with van der Waals surface area (Å²) < 4.78 is 42.7. The number of alkyl halides is 3. The molecule has 28 heavy (non-hydrogen) atoms. The lowest BCUT2D eigenvalue weighted by Gasteiger charge is -2.16. The van der Waals surface area contributed by atoms with Gasteiger partial charge in [-0.3, -0.25) is 9.36 Å². The maximum absolute atomic E-state index is 12.8. The number of fused-ring (bicyclic) bond motifs is 1. The zero-order valence-electron chi connectivity index (χ0n) is 15.7. The van der Waals surface area contributed by atoms with Crippen LogP contribution in [0.25, 0.3) is 16.7 Å². The molecule has 6 nitrogen and oxygen atoms in total. The molecular weight excluding hydrogens is 373 g/mol. The van der Waals surface area contributed by atoms with E-state index in [-0.39, 0.29) is 17.0 Å². The average molecular weight is 394 g/mol. The summed E-state index contributed by atoms with van der Waals surface area (Å²) in [6.07, 6.45) is -2.90. The van der Waals surface area contributed by atoms with Crippen molar-refractivity contribution in [3.8, 4) is 11.4 Å². The van der Waals surface area contributed by atoms with Gasteiger partial charge in [0.2, 0.25) is 0 Å². The number of hydrogen-bond donors (Lipinski definition) is 1. The summed E-state index contributed by atoms with van der Waals surface area (Å²) in [4.78, 5) is 21.3. The van der Waals surface area contributed by atoms with Crippen LogP contribution < -0.4 is 16.0 Å². The highest BCUT2D eigenvalue weighted by Gasteiger charge is 2.28. The largest absolute Gasteiger partial charge is 0.484 e. The van der Waals surface area contributed by atoms with Crippen LogP contribution >= 0.6 is 0 Å². The Balaban J connectivity index is 0.00000136. The van der Waals surface area contributed by atoms with Gasteiger partial charge >= 0.3 is 6.18 Å². The molecule has 3 aromatic rings. The molecule has 1 atom stereocenters. The molecule has 3 rings (SSSR count). The van der Waals surface area contributed by atoms with Crippen molar-refractivity contribution in [2.24, 2.45) is 5.73 Å². The molecule has 2 heterocycles. The number of halogens is 3. The Morgan fingerprint density at radius 1 is 1.18 bits per heavy atom. The summed E-state index contributed by atoms with van der Waals surface area (Å²) in [6.45, 7) is 4.29. The SMILES string of the molecule is CC.CC(N)c1nc2ncccc2c(=O)n1-c1ccc(OCC(F)(F)F)cc1. The van der Waals surface area contributed by atoms with Crippen LogP contribution in [0.15, 0.2) is 47.4 Å². The van der Waals surface area contributed by atoms with Gasteiger partial charge in [-0.1, -0.05) is 13.8 Å². The third-order valence-electron chi connectivity index (χ3n) is 3.57. The van der Waals surface area contributed by atoms with E-state index in [0.717, 1.165) is 0 Å². The minimum absolute atomic E-state index is 0.0388. The predicted molar refractivity (Wildman–Crippen MR) is 101 cm³/mol. The molecule has 150 valence electrons. The number of hydrogen-bond acceptors (Lipinski definition) is 5. The maximum atomic E-state index is 12.8. The van der Waals surface area contributed by atoms with Gasteiger partial charge < -0.3 is 10.5 Å². The normalized spacial score (nSPS) is 12.2. The van der Waals surface area contributed by atoms with Gasteiger partial charge in [-0.15, -0.1) is 0 Å². The number of pyridine rings is 1. The van der Waals surface area contributed by atoms with Crippen LogP contribution in [-0.2, 0) is 0 Å². The van der Waals surface area contributed by atoms with Gasteiger partial charge in [-0.25, -0.2) is 9.97 Å². The summed E-state index contributed by atoms with van der Waals surface area (Å²) in [5.41, 5.74) is 6.28. The third kappa shape index (κ3) is 4.86. The van der Waals surface area contributed by atoms with Crippen LogP contribution in [0.2, 0.25) is 0 Å². The Morgan fingerprint density at radius 3 is 2.39 bits per heavy atom. The van der Waals surface area contributed by atoms with Gasteiger partial charge in [0.25, 0.3) is 5.56 Å². The van der Waals surface area contributed by atoms with E-state index in [4.69, 9.17) is 5.73 Å². The molecule has 9 heteroatoms. The molecule has 0 fully saturated rings. The van der Waals surface area contributed by atoms with E-state index in [1.165, 1.54) is 35.0 Å². The lowest BCUT2D eigenvalue weighted by molar-refractivity contribution is -0.153. The second-order valence-corrected chi connectivity index (χ2v) is 5.67. The predicted octanol–water partition coefficient (Wildman–Crippen LogP) is 3.77. The fourth-order valence-corrected chi connectivity index (χ4v) is 2.45. The lowest BCUT2D eigenvalue weighted by Crippen LogP contribution is -2.27. The Kier molecular flexibility index (Phi) is 6.74. The first-order chi connectivity index (χ1) is 13.3. The van der Waals surface area contributed by atoms with Crippen LogP contribution in [0.3, 0.4) is 0 Å². The summed E-state index contributed by atoms with van der Waals surface area (Å²) >= 11 is 0. The standard InChI is InChI=1S/C17H15F3N4O2.C2H6/c1-10(21)15-23-14-13(3-2-8-22-14)16(25)24(15)11-4-6-12(7-5-11)26-9-17(18,19)20;1-2/h2-8,10H,9,21H2,1H3;1-2H3. The number of benzene rings is 1. The molecular formula is C19H21F3N4O2. The van der Waals surface area contributed by atoms with Crippen molar-refractivity contribution in [2.45, 2.75) is 33.0 Å². The molecule has 2 aromatic heterocycles. The highest BCUT2D eigenvalue weighted by molar-refractivity contribution is 5.73. The van der Waals surface area contributed by atoms with Crippen molar-refractivity contribution in [3.63, 3.8) is 0 Å². The molecule has 1 unspecified atom stereocenters. The summed E-state index contributed by atoms with van der Waals surface area (Å²) in [5.74, 6) is 0.335. The highest BCUT2D eigenvalue weighted by Crippen LogP contribution is 2.21. The van der Waals surface area contributed by atoms with Crippen LogP contribution in [0, 0.1) is 0 Å². The summed E-state index contributed by atoms with van der Waals surface area (Å²) in [7, 11) is 0. The summed E-state index contributed by atoms with van der Waals surface area (Å²) in [6, 6.07) is 8.31. The monoisotopic (exact) mass is 394 g/mol. The van der Waals surface area contributed by atoms with Crippen LogP contribution in [-0.4, -0.2) is 27.3 Å². The lowest BCUT2D eigenvalue weighted by atomic mass is 10.2. The van der Waals surface area contributed by atoms with E-state index < -0.39 is 18.8 Å². The van der Waals surface area contributed by atoms with Crippen LogP contribution in [0.5, 0.6) is 5.75 Å². The van der Waals surface area contributed by atoms with Gasteiger partial charge in [-0.2, -0.15) is 13.2 Å². The minimum atomic E-state index is -4.42. The first kappa shape index (κ1) is 21.4. The number of nitrogens with zero attached hydrogens (tertiary/aromatic N) is 3. The smallest absolute Gasteiger partial charge is 0.422 e. The van der Waals surface area contributed by atoms with E-state index in [1.54, 1.807) is 19.1 Å². The van der Waals surface area contributed by atoms with E-state index in [2.05, 4.69) is 14.7 Å². The molecule has 0 spiro atoms. The molecule has 0 aliphatic carbocycles. The van der Waals surface area contributed by atoms with Crippen molar-refractivity contribution in [3.05, 3.63) is 58.8 Å². The number of aromatic nitrogens is 3. The van der Waals surface area contributed by atoms with Gasteiger partial charge in [-0.05, 0) is 43.3 Å². The Hall–Kier alpha value is -2.94. The van der Waals surface area contributed by atoms with Crippen molar-refractivity contribution in [2.75, 3.05) is 6.61 Å². The molecule has 0 saturated heterocycles. The molecule has 0 bridgehead atoms. The maximum Gasteiger partial charge on any atom is 0.422 e. The first-order valence-corrected chi connectivity index (χ1v) is 8.69. The molecule has 1 aromatic carbocycles. The van der Waals surface area contributed by atoms with E-state index in [9.17, 15) is 18.0 Å². The van der Waals surface area contributed by atoms with E-state index >= 15 is 0 Å². The van der Waals surface area contributed by atoms with Gasteiger partial charge in [0.05, 0.1) is 17.1 Å². The zero-order valence-corrected chi connectivity index (χ0v) is 15.7. The fraction of sp³-hybridized carbons (Fsp3) is 0.316. The first-order valence-electron chi connectivity index (χ1n) is 8.69. The zero-order chi connectivity index (χ0) is 20.9. The Morgan fingerprint density at radius 2 is 1.82 bits per heavy atom. The second kappa shape index (κ2) is 8.83.